The fourth-order valence-corrected chi connectivity index (χ4v) is 12.8. The molecule has 0 aromatic heterocycles. The van der Waals surface area contributed by atoms with Crippen molar-refractivity contribution >= 4 is 29.0 Å². The van der Waals surface area contributed by atoms with Crippen LogP contribution in [0.15, 0.2) is 252 Å². The molecule has 0 aliphatic rings. The Bertz CT molecular complexity index is 3240. The number of rotatable bonds is 18. The molecule has 0 bridgehead atoms. The van der Waals surface area contributed by atoms with Crippen molar-refractivity contribution in [2.45, 2.75) is 76.0 Å². The number of aryl methyl sites for hydroxylation is 2. The molecular formula is C70H64O6P2S. The maximum Gasteiger partial charge on any atom is 0.530 e. The summed E-state index contributed by atoms with van der Waals surface area (Å²) in [6, 6.07) is 82.0. The van der Waals surface area contributed by atoms with E-state index in [-0.39, 0.29) is 10.8 Å². The molecule has 0 fully saturated rings. The Kier molecular flexibility index (Phi) is 16.9. The summed E-state index contributed by atoms with van der Waals surface area (Å²) in [5.41, 5.74) is 11.1. The van der Waals surface area contributed by atoms with Crippen LogP contribution in [0.3, 0.4) is 0 Å². The van der Waals surface area contributed by atoms with Gasteiger partial charge < -0.3 is 27.1 Å². The topological polar surface area (TPSA) is 55.4 Å². The smallest absolute Gasteiger partial charge is 0.408 e. The summed E-state index contributed by atoms with van der Waals surface area (Å²) in [6.07, 6.45) is 0. The van der Waals surface area contributed by atoms with Crippen LogP contribution in [-0.4, -0.2) is 0 Å². The molecule has 0 atom stereocenters. The second-order valence-electron chi connectivity index (χ2n) is 21.3. The van der Waals surface area contributed by atoms with Crippen molar-refractivity contribution < 1.29 is 27.1 Å². The molecule has 79 heavy (non-hydrogen) atoms. The van der Waals surface area contributed by atoms with Crippen molar-refractivity contribution in [3.8, 4) is 79.0 Å². The largest absolute Gasteiger partial charge is 0.530 e. The van der Waals surface area contributed by atoms with Crippen molar-refractivity contribution in [2.75, 3.05) is 0 Å². The third-order valence-corrected chi connectivity index (χ3v) is 16.2. The van der Waals surface area contributed by atoms with E-state index in [2.05, 4.69) is 152 Å². The van der Waals surface area contributed by atoms with E-state index >= 15 is 0 Å². The lowest BCUT2D eigenvalue weighted by atomic mass is 9.85. The van der Waals surface area contributed by atoms with Gasteiger partial charge in [0.25, 0.3) is 0 Å². The quantitative estimate of drug-likeness (QED) is 0.0794. The van der Waals surface area contributed by atoms with E-state index in [0.717, 1.165) is 76.6 Å². The summed E-state index contributed by atoms with van der Waals surface area (Å²) in [5.74, 6) is 3.84. The molecule has 10 rings (SSSR count). The molecule has 0 aliphatic carbocycles. The highest BCUT2D eigenvalue weighted by molar-refractivity contribution is 7.99. The van der Waals surface area contributed by atoms with Gasteiger partial charge in [0.05, 0.1) is 9.79 Å². The molecule has 0 saturated heterocycles. The van der Waals surface area contributed by atoms with Crippen LogP contribution in [0, 0.1) is 13.8 Å². The Labute approximate surface area is 473 Å². The van der Waals surface area contributed by atoms with Gasteiger partial charge in [-0.2, -0.15) is 0 Å². The molecule has 0 N–H and O–H groups in total. The highest BCUT2D eigenvalue weighted by atomic mass is 32.2. The fourth-order valence-electron chi connectivity index (χ4n) is 9.24. The van der Waals surface area contributed by atoms with E-state index < -0.39 is 17.2 Å². The average molecular weight is 1100 g/mol. The zero-order valence-electron chi connectivity index (χ0n) is 45.8. The van der Waals surface area contributed by atoms with Crippen molar-refractivity contribution in [2.24, 2.45) is 0 Å². The SMILES string of the molecule is Cc1cc(Sc2cc(C)cc(C(C)(C)C)c2OP(Oc2ccccc2-c2ccccc2)Oc2ccccc2-c2ccccc2)c(OP(Oc2ccccc2-c2ccccc2)Oc2ccccc2-c2ccccc2)c(C(C)(C)C)c1. The predicted molar refractivity (Wildman–Crippen MR) is 329 cm³/mol. The summed E-state index contributed by atoms with van der Waals surface area (Å²) in [7, 11) is -4.40. The van der Waals surface area contributed by atoms with Crippen LogP contribution < -0.4 is 27.1 Å². The Balaban J connectivity index is 1.11. The van der Waals surface area contributed by atoms with Gasteiger partial charge >= 0.3 is 17.2 Å². The fraction of sp³-hybridized carbons (Fsp3) is 0.143. The predicted octanol–water partition coefficient (Wildman–Crippen LogP) is 21.2. The van der Waals surface area contributed by atoms with E-state index in [9.17, 15) is 0 Å². The summed E-state index contributed by atoms with van der Waals surface area (Å²) >= 11 is 1.59. The van der Waals surface area contributed by atoms with Crippen molar-refractivity contribution in [3.05, 3.63) is 265 Å². The van der Waals surface area contributed by atoms with Gasteiger partial charge in [-0.3, -0.25) is 0 Å². The van der Waals surface area contributed by atoms with Crippen LogP contribution in [0.1, 0.15) is 63.8 Å². The molecule has 6 nitrogen and oxygen atoms in total. The summed E-state index contributed by atoms with van der Waals surface area (Å²) in [4.78, 5) is 1.73. The second-order valence-corrected chi connectivity index (χ2v) is 24.4. The van der Waals surface area contributed by atoms with Gasteiger partial charge in [-0.25, -0.2) is 0 Å². The lowest BCUT2D eigenvalue weighted by molar-refractivity contribution is 0.379. The zero-order valence-corrected chi connectivity index (χ0v) is 48.5. The average Bonchev–Trinajstić information content (AvgIpc) is 3.53. The first-order chi connectivity index (χ1) is 38.2. The first-order valence-electron chi connectivity index (χ1n) is 26.5. The van der Waals surface area contributed by atoms with E-state index in [1.165, 1.54) is 0 Å². The Hall–Kier alpha value is -7.79. The third-order valence-electron chi connectivity index (χ3n) is 13.1. The maximum absolute atomic E-state index is 7.45. The zero-order chi connectivity index (χ0) is 54.9. The minimum Gasteiger partial charge on any atom is -0.408 e. The van der Waals surface area contributed by atoms with Gasteiger partial charge in [0.1, 0.15) is 34.5 Å². The highest BCUT2D eigenvalue weighted by Crippen LogP contribution is 2.56. The minimum absolute atomic E-state index is 0.377. The van der Waals surface area contributed by atoms with Crippen LogP contribution in [0.2, 0.25) is 0 Å². The van der Waals surface area contributed by atoms with Crippen molar-refractivity contribution in [1.82, 2.24) is 0 Å². The number of hydrogen-bond donors (Lipinski definition) is 0. The molecule has 0 amide bonds. The number of benzene rings is 10. The van der Waals surface area contributed by atoms with Gasteiger partial charge in [0, 0.05) is 33.4 Å². The van der Waals surface area contributed by atoms with Gasteiger partial charge in [0.15, 0.2) is 0 Å². The molecule has 0 aliphatic heterocycles. The summed E-state index contributed by atoms with van der Waals surface area (Å²) in [6.45, 7) is 17.5. The van der Waals surface area contributed by atoms with Crippen LogP contribution in [0.5, 0.6) is 34.5 Å². The molecule has 0 spiro atoms. The van der Waals surface area contributed by atoms with E-state index in [0.29, 0.717) is 34.5 Å². The summed E-state index contributed by atoms with van der Waals surface area (Å²) in [5, 5.41) is 0. The van der Waals surface area contributed by atoms with E-state index in [1.807, 2.05) is 146 Å². The standard InChI is InChI=1S/C70H64O6P2S/c1-49-45-59(69(3,4)5)67(75-77(71-61-41-25-21-37-55(61)51-29-13-9-14-30-51)72-62-42-26-22-38-56(62)52-31-15-10-16-32-52)65(47-49)79-66-48-50(2)46-60(70(6,7)8)68(66)76-78(73-63-43-27-23-39-57(63)53-33-17-11-18-34-53)74-64-44-28-24-40-58(64)54-35-19-12-20-36-54/h9-48H,1-8H3. The van der Waals surface area contributed by atoms with Crippen LogP contribution in [0.25, 0.3) is 44.5 Å². The van der Waals surface area contributed by atoms with Gasteiger partial charge in [-0.15, -0.1) is 0 Å². The molecule has 9 heteroatoms. The van der Waals surface area contributed by atoms with Crippen LogP contribution in [-0.2, 0) is 10.8 Å². The molecule has 396 valence electrons. The van der Waals surface area contributed by atoms with E-state index in [4.69, 9.17) is 27.1 Å². The molecule has 0 unspecified atom stereocenters. The van der Waals surface area contributed by atoms with Gasteiger partial charge in [-0.1, -0.05) is 260 Å². The van der Waals surface area contributed by atoms with E-state index in [1.54, 1.807) is 11.8 Å². The van der Waals surface area contributed by atoms with Gasteiger partial charge in [0.2, 0.25) is 0 Å². The Morgan fingerprint density at radius 1 is 0.291 bits per heavy atom. The highest BCUT2D eigenvalue weighted by Gasteiger charge is 2.34. The van der Waals surface area contributed by atoms with Crippen LogP contribution >= 0.6 is 29.0 Å². The van der Waals surface area contributed by atoms with Crippen molar-refractivity contribution in [3.63, 3.8) is 0 Å². The first-order valence-corrected chi connectivity index (χ1v) is 29.5. The molecule has 0 radical (unpaired) electrons. The lowest BCUT2D eigenvalue weighted by Gasteiger charge is -2.29. The number of para-hydroxylation sites is 4. The summed E-state index contributed by atoms with van der Waals surface area (Å²) < 4.78 is 43.4. The Morgan fingerprint density at radius 2 is 0.532 bits per heavy atom. The molecular weight excluding hydrogens is 1030 g/mol. The molecule has 10 aromatic carbocycles. The third kappa shape index (κ3) is 13.4. The van der Waals surface area contributed by atoms with Crippen molar-refractivity contribution in [1.29, 1.82) is 0 Å². The number of hydrogen-bond acceptors (Lipinski definition) is 7. The minimum atomic E-state index is -2.20. The van der Waals surface area contributed by atoms with Crippen LogP contribution in [0.4, 0.5) is 0 Å². The molecule has 10 aromatic rings. The lowest BCUT2D eigenvalue weighted by Crippen LogP contribution is -2.16. The Morgan fingerprint density at radius 3 is 0.785 bits per heavy atom. The molecule has 0 heterocycles. The normalized spacial score (nSPS) is 11.6. The first kappa shape index (κ1) is 54.6. The maximum atomic E-state index is 7.45. The van der Waals surface area contributed by atoms with Gasteiger partial charge in [-0.05, 0) is 94.5 Å². The molecule has 0 saturated carbocycles. The monoisotopic (exact) mass is 1090 g/mol. The second kappa shape index (κ2) is 24.5.